The zero-order valence-electron chi connectivity index (χ0n) is 9.23. The first-order chi connectivity index (χ1) is 8.29. The maximum atomic E-state index is 5.78. The van der Waals surface area contributed by atoms with E-state index in [2.05, 4.69) is 10.2 Å². The van der Waals surface area contributed by atoms with Crippen molar-refractivity contribution in [3.63, 3.8) is 0 Å². The lowest BCUT2D eigenvalue weighted by molar-refractivity contribution is 0.419. The number of hydrogen-bond acceptors (Lipinski definition) is 4. The molecule has 0 amide bonds. The minimum atomic E-state index is 0.558. The van der Waals surface area contributed by atoms with Crippen molar-refractivity contribution >= 4 is 16.7 Å². The van der Waals surface area contributed by atoms with Crippen LogP contribution in [0, 0.1) is 0 Å². The van der Waals surface area contributed by atoms with E-state index in [0.717, 1.165) is 16.7 Å². The van der Waals surface area contributed by atoms with Crippen molar-refractivity contribution in [3.8, 4) is 17.2 Å². The number of nitrogens with two attached hydrogens (primary N) is 1. The van der Waals surface area contributed by atoms with Gasteiger partial charge in [0.05, 0.1) is 24.4 Å². The number of H-pyrrole nitrogens is 1. The molecule has 2 aromatic heterocycles. The predicted octanol–water partition coefficient (Wildman–Crippen LogP) is 2.41. The van der Waals surface area contributed by atoms with Crippen LogP contribution in [0.5, 0.6) is 5.75 Å². The van der Waals surface area contributed by atoms with Gasteiger partial charge in [-0.1, -0.05) is 6.07 Å². The summed E-state index contributed by atoms with van der Waals surface area (Å²) in [5, 5.41) is 7.60. The van der Waals surface area contributed by atoms with Gasteiger partial charge in [0.25, 0.3) is 0 Å². The monoisotopic (exact) mass is 229 g/mol. The number of ether oxygens (including phenoxy) is 1. The number of nitrogens with one attached hydrogen (secondary N) is 1. The normalized spacial score (nSPS) is 10.9. The van der Waals surface area contributed by atoms with E-state index in [1.807, 2.05) is 24.3 Å². The van der Waals surface area contributed by atoms with Gasteiger partial charge in [-0.25, -0.2) is 0 Å². The fraction of sp³-hybridized carbons (Fsp3) is 0.0833. The van der Waals surface area contributed by atoms with E-state index in [0.29, 0.717) is 17.1 Å². The Hall–Kier alpha value is -2.43. The number of methoxy groups -OCH3 is 1. The molecule has 86 valence electrons. The number of fused-ring (bicyclic) bond motifs is 1. The second-order valence-electron chi connectivity index (χ2n) is 3.68. The van der Waals surface area contributed by atoms with E-state index >= 15 is 0 Å². The van der Waals surface area contributed by atoms with E-state index < -0.39 is 0 Å². The molecule has 0 aliphatic carbocycles. The molecule has 3 N–H and O–H groups in total. The summed E-state index contributed by atoms with van der Waals surface area (Å²) >= 11 is 0. The van der Waals surface area contributed by atoms with Crippen molar-refractivity contribution in [2.75, 3.05) is 12.8 Å². The van der Waals surface area contributed by atoms with Crippen molar-refractivity contribution in [2.45, 2.75) is 0 Å². The lowest BCUT2D eigenvalue weighted by Gasteiger charge is -1.98. The molecule has 0 aliphatic heterocycles. The molecule has 0 atom stereocenters. The second kappa shape index (κ2) is 3.55. The Balaban J connectivity index is 2.24. The average Bonchev–Trinajstić information content (AvgIpc) is 2.93. The third-order valence-electron chi connectivity index (χ3n) is 2.66. The highest BCUT2D eigenvalue weighted by Gasteiger charge is 2.13. The van der Waals surface area contributed by atoms with Crippen molar-refractivity contribution in [1.82, 2.24) is 10.2 Å². The van der Waals surface area contributed by atoms with Gasteiger partial charge in [0.15, 0.2) is 5.76 Å². The molecule has 0 saturated carbocycles. The van der Waals surface area contributed by atoms with E-state index in [1.54, 1.807) is 13.3 Å². The third-order valence-corrected chi connectivity index (χ3v) is 2.66. The molecule has 1 aromatic carbocycles. The number of aromatic amines is 1. The Bertz CT molecular complexity index is 669. The molecule has 17 heavy (non-hydrogen) atoms. The molecule has 0 radical (unpaired) electrons. The second-order valence-corrected chi connectivity index (χ2v) is 3.68. The van der Waals surface area contributed by atoms with E-state index in [4.69, 9.17) is 14.9 Å². The molecule has 3 rings (SSSR count). The van der Waals surface area contributed by atoms with Crippen LogP contribution in [0.25, 0.3) is 22.4 Å². The maximum Gasteiger partial charge on any atom is 0.155 e. The number of aromatic nitrogens is 2. The topological polar surface area (TPSA) is 77.1 Å². The number of benzene rings is 1. The van der Waals surface area contributed by atoms with Crippen LogP contribution in [0.3, 0.4) is 0 Å². The zero-order valence-corrected chi connectivity index (χ0v) is 9.23. The number of anilines is 1. The lowest BCUT2D eigenvalue weighted by atomic mass is 10.2. The quantitative estimate of drug-likeness (QED) is 0.707. The van der Waals surface area contributed by atoms with Crippen LogP contribution in [0.1, 0.15) is 0 Å². The first kappa shape index (κ1) is 9.77. The van der Waals surface area contributed by atoms with Crippen molar-refractivity contribution in [2.24, 2.45) is 0 Å². The smallest absolute Gasteiger partial charge is 0.155 e. The molecular formula is C12H11N3O2. The summed E-state index contributed by atoms with van der Waals surface area (Å²) in [5.41, 5.74) is 7.78. The van der Waals surface area contributed by atoms with Gasteiger partial charge in [0, 0.05) is 0 Å². The summed E-state index contributed by atoms with van der Waals surface area (Å²) in [5.74, 6) is 1.43. The SMILES string of the molecule is COc1cccc2oc(-c3[nH]ncc3N)cc12. The summed E-state index contributed by atoms with van der Waals surface area (Å²) < 4.78 is 11.0. The average molecular weight is 229 g/mol. The molecule has 5 heteroatoms. The van der Waals surface area contributed by atoms with E-state index in [1.165, 1.54) is 0 Å². The number of nitrogens with zero attached hydrogens (tertiary/aromatic N) is 1. The largest absolute Gasteiger partial charge is 0.496 e. The Morgan fingerprint density at radius 2 is 2.29 bits per heavy atom. The minimum Gasteiger partial charge on any atom is -0.496 e. The molecule has 0 saturated heterocycles. The van der Waals surface area contributed by atoms with Crippen molar-refractivity contribution in [3.05, 3.63) is 30.5 Å². The molecule has 0 unspecified atom stereocenters. The summed E-state index contributed by atoms with van der Waals surface area (Å²) in [6.45, 7) is 0. The van der Waals surface area contributed by atoms with Gasteiger partial charge < -0.3 is 14.9 Å². The van der Waals surface area contributed by atoms with Gasteiger partial charge in [-0.15, -0.1) is 0 Å². The first-order valence-electron chi connectivity index (χ1n) is 5.15. The summed E-state index contributed by atoms with van der Waals surface area (Å²) in [6.07, 6.45) is 1.56. The Kier molecular flexibility index (Phi) is 2.04. The van der Waals surface area contributed by atoms with Crippen LogP contribution >= 0.6 is 0 Å². The number of rotatable bonds is 2. The van der Waals surface area contributed by atoms with Crippen LogP contribution in [0.4, 0.5) is 5.69 Å². The highest BCUT2D eigenvalue weighted by atomic mass is 16.5. The van der Waals surface area contributed by atoms with Gasteiger partial charge in [-0.05, 0) is 18.2 Å². The molecule has 0 aliphatic rings. The highest BCUT2D eigenvalue weighted by Crippen LogP contribution is 2.34. The maximum absolute atomic E-state index is 5.78. The molecule has 0 fully saturated rings. The summed E-state index contributed by atoms with van der Waals surface area (Å²) in [7, 11) is 1.63. The molecule has 5 nitrogen and oxygen atoms in total. The zero-order chi connectivity index (χ0) is 11.8. The van der Waals surface area contributed by atoms with Gasteiger partial charge in [0.2, 0.25) is 0 Å². The van der Waals surface area contributed by atoms with Crippen molar-refractivity contribution in [1.29, 1.82) is 0 Å². The van der Waals surface area contributed by atoms with Crippen LogP contribution in [0.2, 0.25) is 0 Å². The summed E-state index contributed by atoms with van der Waals surface area (Å²) in [6, 6.07) is 7.54. The van der Waals surface area contributed by atoms with Crippen molar-refractivity contribution < 1.29 is 9.15 Å². The highest BCUT2D eigenvalue weighted by molar-refractivity contribution is 5.89. The predicted molar refractivity (Wildman–Crippen MR) is 64.8 cm³/mol. The fourth-order valence-corrected chi connectivity index (χ4v) is 1.83. The van der Waals surface area contributed by atoms with Gasteiger partial charge in [-0.3, -0.25) is 5.10 Å². The molecule has 0 spiro atoms. The Morgan fingerprint density at radius 1 is 1.41 bits per heavy atom. The first-order valence-corrected chi connectivity index (χ1v) is 5.15. The number of hydrogen-bond donors (Lipinski definition) is 2. The molecular weight excluding hydrogens is 218 g/mol. The van der Waals surface area contributed by atoms with Crippen LogP contribution in [0.15, 0.2) is 34.9 Å². The Morgan fingerprint density at radius 3 is 3.00 bits per heavy atom. The summed E-state index contributed by atoms with van der Waals surface area (Å²) in [4.78, 5) is 0. The molecule has 2 heterocycles. The van der Waals surface area contributed by atoms with Crippen LogP contribution < -0.4 is 10.5 Å². The molecule has 0 bridgehead atoms. The van der Waals surface area contributed by atoms with Gasteiger partial charge >= 0.3 is 0 Å². The van der Waals surface area contributed by atoms with E-state index in [9.17, 15) is 0 Å². The van der Waals surface area contributed by atoms with Gasteiger partial charge in [0.1, 0.15) is 17.0 Å². The standard InChI is InChI=1S/C12H11N3O2/c1-16-9-3-2-4-10-7(9)5-11(17-10)12-8(13)6-14-15-12/h2-6H,13H2,1H3,(H,14,15). The van der Waals surface area contributed by atoms with Gasteiger partial charge in [-0.2, -0.15) is 5.10 Å². The number of furan rings is 1. The third kappa shape index (κ3) is 1.44. The van der Waals surface area contributed by atoms with Crippen LogP contribution in [-0.2, 0) is 0 Å². The van der Waals surface area contributed by atoms with E-state index in [-0.39, 0.29) is 0 Å². The minimum absolute atomic E-state index is 0.558. The lowest BCUT2D eigenvalue weighted by Crippen LogP contribution is -1.84. The molecule has 3 aromatic rings. The number of nitrogen functional groups attached to an aromatic ring is 1. The van der Waals surface area contributed by atoms with Crippen LogP contribution in [-0.4, -0.2) is 17.3 Å². The fourth-order valence-electron chi connectivity index (χ4n) is 1.83. The Labute approximate surface area is 97.2 Å².